The molecule has 0 saturated carbocycles. The Morgan fingerprint density at radius 3 is 2.43 bits per heavy atom. The van der Waals surface area contributed by atoms with Crippen molar-refractivity contribution in [1.29, 1.82) is 0 Å². The van der Waals surface area contributed by atoms with Crippen LogP contribution in [0.4, 0.5) is 13.2 Å². The van der Waals surface area contributed by atoms with Gasteiger partial charge in [-0.2, -0.15) is 18.3 Å². The predicted octanol–water partition coefficient (Wildman–Crippen LogP) is 6.72. The van der Waals surface area contributed by atoms with Crippen molar-refractivity contribution in [3.63, 3.8) is 0 Å². The number of hydrogen-bond donors (Lipinski definition) is 1. The van der Waals surface area contributed by atoms with Crippen LogP contribution in [-0.4, -0.2) is 21.3 Å². The maximum absolute atomic E-state index is 13.6. The third-order valence-electron chi connectivity index (χ3n) is 7.13. The number of nitrogens with zero attached hydrogens (tertiary/aromatic N) is 3. The summed E-state index contributed by atoms with van der Waals surface area (Å²) >= 11 is 0. The summed E-state index contributed by atoms with van der Waals surface area (Å²) in [5, 5.41) is 7.64. The first kappa shape index (κ1) is 25.2. The Morgan fingerprint density at radius 1 is 0.919 bits per heavy atom. The SMILES string of the molecule is Cc1ccccc1-c1cccnc1C(Cc1ccccc1)NCCn1nc(C(F)(F)F)c2c1CCCC2. The van der Waals surface area contributed by atoms with Gasteiger partial charge in [0.05, 0.1) is 18.3 Å². The molecule has 2 heterocycles. The Bertz CT molecular complexity index is 1340. The van der Waals surface area contributed by atoms with Gasteiger partial charge in [0.1, 0.15) is 0 Å². The van der Waals surface area contributed by atoms with Crippen LogP contribution in [0.15, 0.2) is 72.9 Å². The average molecular weight is 505 g/mol. The lowest BCUT2D eigenvalue weighted by atomic mass is 9.93. The van der Waals surface area contributed by atoms with E-state index in [0.29, 0.717) is 37.9 Å². The van der Waals surface area contributed by atoms with Crippen LogP contribution in [0.1, 0.15) is 52.7 Å². The number of fused-ring (bicyclic) bond motifs is 1. The lowest BCUT2D eigenvalue weighted by Gasteiger charge is -2.22. The van der Waals surface area contributed by atoms with E-state index in [2.05, 4.69) is 47.7 Å². The van der Waals surface area contributed by atoms with E-state index in [4.69, 9.17) is 4.98 Å². The van der Waals surface area contributed by atoms with Gasteiger partial charge in [-0.05, 0) is 61.8 Å². The van der Waals surface area contributed by atoms with Gasteiger partial charge in [0, 0.05) is 29.6 Å². The molecule has 0 aliphatic heterocycles. The topological polar surface area (TPSA) is 42.7 Å². The lowest BCUT2D eigenvalue weighted by molar-refractivity contribution is -0.142. The third-order valence-corrected chi connectivity index (χ3v) is 7.13. The second-order valence-electron chi connectivity index (χ2n) is 9.65. The van der Waals surface area contributed by atoms with Crippen LogP contribution in [0.5, 0.6) is 0 Å². The predicted molar refractivity (Wildman–Crippen MR) is 139 cm³/mol. The van der Waals surface area contributed by atoms with Crippen LogP contribution in [0.2, 0.25) is 0 Å². The van der Waals surface area contributed by atoms with E-state index in [0.717, 1.165) is 46.5 Å². The highest BCUT2D eigenvalue weighted by atomic mass is 19.4. The smallest absolute Gasteiger partial charge is 0.306 e. The second-order valence-corrected chi connectivity index (χ2v) is 9.65. The largest absolute Gasteiger partial charge is 0.435 e. The van der Waals surface area contributed by atoms with Gasteiger partial charge in [-0.1, -0.05) is 60.7 Å². The molecule has 1 aliphatic rings. The molecule has 0 spiro atoms. The second kappa shape index (κ2) is 10.9. The fraction of sp³-hybridized carbons (Fsp3) is 0.333. The maximum Gasteiger partial charge on any atom is 0.435 e. The first-order valence-electron chi connectivity index (χ1n) is 12.9. The Labute approximate surface area is 215 Å². The number of aromatic nitrogens is 3. The normalized spacial score (nSPS) is 14.4. The summed E-state index contributed by atoms with van der Waals surface area (Å²) in [6.45, 7) is 2.94. The Hall–Kier alpha value is -3.45. The number of pyridine rings is 1. The number of halogens is 3. The minimum absolute atomic E-state index is 0.119. The highest BCUT2D eigenvalue weighted by Crippen LogP contribution is 2.36. The standard InChI is InChI=1S/C30H31F3N4/c1-21-10-5-6-13-23(21)24-15-9-17-35-28(24)26(20-22-11-3-2-4-12-22)34-18-19-37-27-16-8-7-14-25(27)29(36-37)30(31,32)33/h2-6,9-13,15,17,26,34H,7-8,14,16,18-20H2,1H3. The zero-order chi connectivity index (χ0) is 25.8. The number of benzene rings is 2. The summed E-state index contributed by atoms with van der Waals surface area (Å²) in [4.78, 5) is 4.79. The molecule has 1 unspecified atom stereocenters. The molecule has 7 heteroatoms. The summed E-state index contributed by atoms with van der Waals surface area (Å²) in [6, 6.07) is 22.3. The molecule has 2 aromatic heterocycles. The fourth-order valence-corrected chi connectivity index (χ4v) is 5.34. The van der Waals surface area contributed by atoms with Crippen molar-refractivity contribution in [3.05, 3.63) is 107 Å². The van der Waals surface area contributed by atoms with Crippen molar-refractivity contribution >= 4 is 0 Å². The van der Waals surface area contributed by atoms with E-state index in [1.165, 1.54) is 0 Å². The molecule has 1 atom stereocenters. The van der Waals surface area contributed by atoms with Gasteiger partial charge in [-0.25, -0.2) is 0 Å². The molecule has 192 valence electrons. The van der Waals surface area contributed by atoms with E-state index in [1.54, 1.807) is 10.9 Å². The molecule has 37 heavy (non-hydrogen) atoms. The molecule has 0 fully saturated rings. The summed E-state index contributed by atoms with van der Waals surface area (Å²) < 4.78 is 42.5. The van der Waals surface area contributed by atoms with Crippen LogP contribution in [-0.2, 0) is 32.0 Å². The molecule has 2 aromatic carbocycles. The van der Waals surface area contributed by atoms with Gasteiger partial charge in [0.2, 0.25) is 0 Å². The first-order valence-corrected chi connectivity index (χ1v) is 12.9. The van der Waals surface area contributed by atoms with E-state index < -0.39 is 11.9 Å². The van der Waals surface area contributed by atoms with Crippen molar-refractivity contribution in [2.75, 3.05) is 6.54 Å². The first-order chi connectivity index (χ1) is 17.9. The van der Waals surface area contributed by atoms with E-state index in [1.807, 2.05) is 36.4 Å². The van der Waals surface area contributed by atoms with Gasteiger partial charge >= 0.3 is 6.18 Å². The summed E-state index contributed by atoms with van der Waals surface area (Å²) in [5.41, 5.74) is 5.85. The van der Waals surface area contributed by atoms with E-state index >= 15 is 0 Å². The van der Waals surface area contributed by atoms with Crippen molar-refractivity contribution in [2.24, 2.45) is 0 Å². The fourth-order valence-electron chi connectivity index (χ4n) is 5.34. The molecular weight excluding hydrogens is 473 g/mol. The average Bonchev–Trinajstić information content (AvgIpc) is 3.28. The summed E-state index contributed by atoms with van der Waals surface area (Å²) in [7, 11) is 0. The molecule has 0 amide bonds. The van der Waals surface area contributed by atoms with Gasteiger partial charge < -0.3 is 5.32 Å². The Kier molecular flexibility index (Phi) is 7.42. The highest BCUT2D eigenvalue weighted by molar-refractivity contribution is 5.69. The Balaban J connectivity index is 1.43. The zero-order valence-electron chi connectivity index (χ0n) is 20.9. The van der Waals surface area contributed by atoms with Gasteiger partial charge in [-0.15, -0.1) is 0 Å². The van der Waals surface area contributed by atoms with E-state index in [-0.39, 0.29) is 6.04 Å². The van der Waals surface area contributed by atoms with Crippen LogP contribution < -0.4 is 5.32 Å². The third kappa shape index (κ3) is 5.62. The zero-order valence-corrected chi connectivity index (χ0v) is 20.9. The minimum atomic E-state index is -4.42. The molecule has 0 bridgehead atoms. The molecule has 4 aromatic rings. The lowest BCUT2D eigenvalue weighted by Crippen LogP contribution is -2.29. The number of rotatable bonds is 8. The molecular formula is C30H31F3N4. The van der Waals surface area contributed by atoms with Crippen molar-refractivity contribution < 1.29 is 13.2 Å². The van der Waals surface area contributed by atoms with Crippen molar-refractivity contribution in [1.82, 2.24) is 20.1 Å². The van der Waals surface area contributed by atoms with Gasteiger partial charge in [0.25, 0.3) is 0 Å². The number of hydrogen-bond acceptors (Lipinski definition) is 3. The van der Waals surface area contributed by atoms with Crippen molar-refractivity contribution in [2.45, 2.75) is 57.8 Å². The molecule has 1 aliphatic carbocycles. The van der Waals surface area contributed by atoms with Crippen LogP contribution in [0.25, 0.3) is 11.1 Å². The number of alkyl halides is 3. The molecule has 1 N–H and O–H groups in total. The molecule has 0 saturated heterocycles. The highest BCUT2D eigenvalue weighted by Gasteiger charge is 2.39. The van der Waals surface area contributed by atoms with Crippen LogP contribution in [0.3, 0.4) is 0 Å². The number of nitrogens with one attached hydrogen (secondary N) is 1. The minimum Gasteiger partial charge on any atom is -0.306 e. The van der Waals surface area contributed by atoms with Crippen molar-refractivity contribution in [3.8, 4) is 11.1 Å². The van der Waals surface area contributed by atoms with Crippen LogP contribution in [0, 0.1) is 6.92 Å². The van der Waals surface area contributed by atoms with Gasteiger partial charge in [0.15, 0.2) is 5.69 Å². The molecule has 4 nitrogen and oxygen atoms in total. The monoisotopic (exact) mass is 504 g/mol. The van der Waals surface area contributed by atoms with Gasteiger partial charge in [-0.3, -0.25) is 9.67 Å². The Morgan fingerprint density at radius 2 is 1.65 bits per heavy atom. The quantitative estimate of drug-likeness (QED) is 0.290. The van der Waals surface area contributed by atoms with E-state index in [9.17, 15) is 13.2 Å². The number of aryl methyl sites for hydroxylation is 1. The summed E-state index contributed by atoms with van der Waals surface area (Å²) in [6.07, 6.45) is 0.851. The molecule has 5 rings (SSSR count). The van der Waals surface area contributed by atoms with Crippen LogP contribution >= 0.6 is 0 Å². The maximum atomic E-state index is 13.6. The summed E-state index contributed by atoms with van der Waals surface area (Å²) in [5.74, 6) is 0. The molecule has 0 radical (unpaired) electrons.